The Bertz CT molecular complexity index is 397. The molecule has 0 spiro atoms. The van der Waals surface area contributed by atoms with Gasteiger partial charge in [0, 0.05) is 0 Å². The summed E-state index contributed by atoms with van der Waals surface area (Å²) in [7, 11) is -2.32. The molecule has 0 aliphatic rings. The zero-order chi connectivity index (χ0) is 14.1. The van der Waals surface area contributed by atoms with E-state index in [2.05, 4.69) is 6.07 Å². The summed E-state index contributed by atoms with van der Waals surface area (Å²) in [5, 5.41) is 8.80. The van der Waals surface area contributed by atoms with E-state index in [4.69, 9.17) is 18.8 Å². The van der Waals surface area contributed by atoms with Gasteiger partial charge in [0.15, 0.2) is 6.16 Å². The average Bonchev–Trinajstić information content (AvgIpc) is 2.40. The molecule has 0 heterocycles. The van der Waals surface area contributed by atoms with Crippen LogP contribution in [0, 0.1) is 11.3 Å². The summed E-state index contributed by atoms with van der Waals surface area (Å²) in [6, 6.07) is 9.55. The Balaban J connectivity index is 2.87. The monoisotopic (exact) mass is 282 g/mol. The van der Waals surface area contributed by atoms with Gasteiger partial charge in [-0.25, -0.2) is 0 Å². The highest BCUT2D eigenvalue weighted by atomic mass is 31.2. The Morgan fingerprint density at radius 1 is 0.947 bits per heavy atom. The molecular formula is C14H21NO3P+. The van der Waals surface area contributed by atoms with Crippen LogP contribution in [0.3, 0.4) is 0 Å². The van der Waals surface area contributed by atoms with Crippen molar-refractivity contribution in [1.29, 1.82) is 5.26 Å². The highest BCUT2D eigenvalue weighted by molar-refractivity contribution is 7.60. The molecule has 0 bridgehead atoms. The van der Waals surface area contributed by atoms with Gasteiger partial charge in [0.05, 0.1) is 31.5 Å². The lowest BCUT2D eigenvalue weighted by Gasteiger charge is -2.20. The van der Waals surface area contributed by atoms with E-state index in [1.807, 2.05) is 32.9 Å². The molecule has 19 heavy (non-hydrogen) atoms. The Kier molecular flexibility index (Phi) is 6.97. The Hall–Kier alpha value is -0.980. The minimum Gasteiger partial charge on any atom is -0.192 e. The van der Waals surface area contributed by atoms with Gasteiger partial charge in [-0.05, 0) is 38.5 Å². The number of benzene rings is 1. The standard InChI is InChI=1S/C14H21NO3P/c1-4-16-19(17-5-2,18-6-3)12-14-9-7-13(11-15)8-10-14/h7-10H,4-6,12H2,1-3H3/q+1. The topological polar surface area (TPSA) is 51.5 Å². The van der Waals surface area contributed by atoms with Gasteiger partial charge in [-0.1, -0.05) is 12.1 Å². The molecule has 0 saturated carbocycles. The van der Waals surface area contributed by atoms with Crippen LogP contribution in [-0.4, -0.2) is 19.8 Å². The molecule has 1 aromatic carbocycles. The molecule has 5 heteroatoms. The second-order valence-corrected chi connectivity index (χ2v) is 6.14. The molecule has 0 radical (unpaired) electrons. The van der Waals surface area contributed by atoms with Crippen LogP contribution >= 0.6 is 7.94 Å². The first-order valence-electron chi connectivity index (χ1n) is 6.50. The highest BCUT2D eigenvalue weighted by Crippen LogP contribution is 2.64. The first-order chi connectivity index (χ1) is 9.19. The molecule has 0 N–H and O–H groups in total. The second-order valence-electron chi connectivity index (χ2n) is 3.83. The molecule has 0 saturated heterocycles. The second kappa shape index (κ2) is 8.24. The summed E-state index contributed by atoms with van der Waals surface area (Å²) in [5.74, 6) is 0. The van der Waals surface area contributed by atoms with Crippen LogP contribution in [0.5, 0.6) is 0 Å². The first kappa shape index (κ1) is 16.1. The van der Waals surface area contributed by atoms with Crippen molar-refractivity contribution in [2.75, 3.05) is 19.8 Å². The van der Waals surface area contributed by atoms with Gasteiger partial charge in [0.2, 0.25) is 0 Å². The SMILES string of the molecule is CCO[P+](Cc1ccc(C#N)cc1)(OCC)OCC. The van der Waals surface area contributed by atoms with E-state index < -0.39 is 7.94 Å². The fourth-order valence-electron chi connectivity index (χ4n) is 1.75. The lowest BCUT2D eigenvalue weighted by molar-refractivity contribution is 0.149. The first-order valence-corrected chi connectivity index (χ1v) is 8.23. The lowest BCUT2D eigenvalue weighted by atomic mass is 10.2. The number of rotatable bonds is 8. The van der Waals surface area contributed by atoms with Crippen LogP contribution in [0.1, 0.15) is 31.9 Å². The summed E-state index contributed by atoms with van der Waals surface area (Å²) < 4.78 is 17.3. The zero-order valence-electron chi connectivity index (χ0n) is 11.8. The van der Waals surface area contributed by atoms with Gasteiger partial charge in [0.25, 0.3) is 0 Å². The van der Waals surface area contributed by atoms with E-state index in [9.17, 15) is 0 Å². The molecule has 1 aromatic rings. The molecule has 0 aliphatic heterocycles. The van der Waals surface area contributed by atoms with Crippen molar-refractivity contribution in [3.8, 4) is 6.07 Å². The summed E-state index contributed by atoms with van der Waals surface area (Å²) in [5.41, 5.74) is 1.71. The number of hydrogen-bond donors (Lipinski definition) is 0. The molecule has 0 atom stereocenters. The van der Waals surface area contributed by atoms with E-state index in [0.29, 0.717) is 31.5 Å². The number of hydrogen-bond acceptors (Lipinski definition) is 4. The van der Waals surface area contributed by atoms with Crippen molar-refractivity contribution >= 4 is 7.94 Å². The maximum Gasteiger partial charge on any atom is 0.416 e. The van der Waals surface area contributed by atoms with E-state index in [1.165, 1.54) is 0 Å². The van der Waals surface area contributed by atoms with Crippen LogP contribution in [-0.2, 0) is 19.7 Å². The Morgan fingerprint density at radius 2 is 1.42 bits per heavy atom. The van der Waals surface area contributed by atoms with Crippen LogP contribution < -0.4 is 0 Å². The fourth-order valence-corrected chi connectivity index (χ4v) is 4.08. The Labute approximate surface area is 115 Å². The van der Waals surface area contributed by atoms with Crippen LogP contribution in [0.15, 0.2) is 24.3 Å². The summed E-state index contributed by atoms with van der Waals surface area (Å²) >= 11 is 0. The summed E-state index contributed by atoms with van der Waals surface area (Å²) in [6.45, 7) is 7.49. The van der Waals surface area contributed by atoms with Gasteiger partial charge < -0.3 is 0 Å². The summed E-state index contributed by atoms with van der Waals surface area (Å²) in [4.78, 5) is 0. The van der Waals surface area contributed by atoms with Crippen molar-refractivity contribution in [2.24, 2.45) is 0 Å². The minimum absolute atomic E-state index is 0.560. The number of nitrogens with zero attached hydrogens (tertiary/aromatic N) is 1. The third kappa shape index (κ3) is 4.89. The molecule has 4 nitrogen and oxygen atoms in total. The van der Waals surface area contributed by atoms with Crippen molar-refractivity contribution in [3.63, 3.8) is 0 Å². The molecule has 104 valence electrons. The van der Waals surface area contributed by atoms with Crippen LogP contribution in [0.2, 0.25) is 0 Å². The normalized spacial score (nSPS) is 11.3. The predicted molar refractivity (Wildman–Crippen MR) is 76.7 cm³/mol. The van der Waals surface area contributed by atoms with E-state index in [1.54, 1.807) is 12.1 Å². The van der Waals surface area contributed by atoms with Crippen molar-refractivity contribution < 1.29 is 13.6 Å². The van der Waals surface area contributed by atoms with Crippen molar-refractivity contribution in [3.05, 3.63) is 35.4 Å². The quantitative estimate of drug-likeness (QED) is 0.678. The fraction of sp³-hybridized carbons (Fsp3) is 0.500. The van der Waals surface area contributed by atoms with Crippen LogP contribution in [0.4, 0.5) is 0 Å². The van der Waals surface area contributed by atoms with Gasteiger partial charge >= 0.3 is 7.94 Å². The molecule has 0 aliphatic carbocycles. The van der Waals surface area contributed by atoms with Crippen molar-refractivity contribution in [1.82, 2.24) is 0 Å². The highest BCUT2D eigenvalue weighted by Gasteiger charge is 2.44. The van der Waals surface area contributed by atoms with E-state index in [-0.39, 0.29) is 0 Å². The number of nitriles is 1. The van der Waals surface area contributed by atoms with Gasteiger partial charge in [0.1, 0.15) is 0 Å². The maximum absolute atomic E-state index is 8.80. The van der Waals surface area contributed by atoms with Crippen molar-refractivity contribution in [2.45, 2.75) is 26.9 Å². The van der Waals surface area contributed by atoms with Gasteiger partial charge in [-0.15, -0.1) is 0 Å². The third-order valence-corrected chi connectivity index (χ3v) is 5.14. The third-order valence-electron chi connectivity index (χ3n) is 2.44. The minimum atomic E-state index is -2.32. The zero-order valence-corrected chi connectivity index (χ0v) is 12.7. The largest absolute Gasteiger partial charge is 0.416 e. The smallest absolute Gasteiger partial charge is 0.192 e. The summed E-state index contributed by atoms with van der Waals surface area (Å²) in [6.07, 6.45) is 0.605. The van der Waals surface area contributed by atoms with Gasteiger partial charge in [-0.2, -0.15) is 18.8 Å². The predicted octanol–water partition coefficient (Wildman–Crippen LogP) is 3.93. The molecular weight excluding hydrogens is 261 g/mol. The van der Waals surface area contributed by atoms with E-state index >= 15 is 0 Å². The average molecular weight is 282 g/mol. The lowest BCUT2D eigenvalue weighted by Crippen LogP contribution is -2.10. The molecule has 0 amide bonds. The Morgan fingerprint density at radius 3 is 1.79 bits per heavy atom. The molecule has 0 aromatic heterocycles. The van der Waals surface area contributed by atoms with Crippen LogP contribution in [0.25, 0.3) is 0 Å². The molecule has 0 fully saturated rings. The van der Waals surface area contributed by atoms with E-state index in [0.717, 1.165) is 5.56 Å². The van der Waals surface area contributed by atoms with Gasteiger partial charge in [-0.3, -0.25) is 0 Å². The maximum atomic E-state index is 8.80. The molecule has 1 rings (SSSR count). The molecule has 0 unspecified atom stereocenters.